The van der Waals surface area contributed by atoms with Crippen LogP contribution in [0.4, 0.5) is 0 Å². The molecule has 0 radical (unpaired) electrons. The fourth-order valence-corrected chi connectivity index (χ4v) is 3.85. The summed E-state index contributed by atoms with van der Waals surface area (Å²) in [4.78, 5) is 0. The monoisotopic (exact) mass is 382 g/mol. The van der Waals surface area contributed by atoms with Gasteiger partial charge in [-0.15, -0.1) is 0 Å². The quantitative estimate of drug-likeness (QED) is 0.416. The van der Waals surface area contributed by atoms with Crippen molar-refractivity contribution in [1.29, 1.82) is 0 Å². The van der Waals surface area contributed by atoms with Gasteiger partial charge in [0.15, 0.2) is 0 Å². The Kier molecular flexibility index (Phi) is 6.20. The lowest BCUT2D eigenvalue weighted by Gasteiger charge is -2.19. The predicted molar refractivity (Wildman–Crippen MR) is 107 cm³/mol. The standard InChI is InChI=1S/C22H23O4P/c1-18(2)16-19-10-9-15-22(17-19)26-27(23,24-20-11-5-3-6-12-20)25-21-13-7-4-8-14-21/h3-15,17-18H,16H2,1-2H3. The van der Waals surface area contributed by atoms with Crippen LogP contribution < -0.4 is 13.6 Å². The fourth-order valence-electron chi connectivity index (χ4n) is 2.61. The van der Waals surface area contributed by atoms with E-state index in [9.17, 15) is 4.57 Å². The summed E-state index contributed by atoms with van der Waals surface area (Å²) in [5.41, 5.74) is 1.11. The Morgan fingerprint density at radius 3 is 1.70 bits per heavy atom. The average Bonchev–Trinajstić information content (AvgIpc) is 2.62. The van der Waals surface area contributed by atoms with Crippen LogP contribution in [0.15, 0.2) is 84.9 Å². The average molecular weight is 382 g/mol. The molecule has 0 unspecified atom stereocenters. The van der Waals surface area contributed by atoms with Crippen LogP contribution in [-0.2, 0) is 11.0 Å². The Labute approximate surface area is 160 Å². The van der Waals surface area contributed by atoms with Gasteiger partial charge in [0.2, 0.25) is 0 Å². The normalized spacial score (nSPS) is 11.2. The first-order chi connectivity index (χ1) is 13.0. The third-order valence-electron chi connectivity index (χ3n) is 3.68. The maximum absolute atomic E-state index is 13.4. The zero-order chi connectivity index (χ0) is 19.1. The first-order valence-corrected chi connectivity index (χ1v) is 10.4. The molecule has 27 heavy (non-hydrogen) atoms. The van der Waals surface area contributed by atoms with Gasteiger partial charge in [-0.05, 0) is 54.3 Å². The van der Waals surface area contributed by atoms with Crippen LogP contribution in [0.25, 0.3) is 0 Å². The van der Waals surface area contributed by atoms with Crippen LogP contribution in [0.5, 0.6) is 17.2 Å². The highest BCUT2D eigenvalue weighted by Gasteiger charge is 2.33. The van der Waals surface area contributed by atoms with Crippen LogP contribution >= 0.6 is 7.82 Å². The van der Waals surface area contributed by atoms with E-state index in [4.69, 9.17) is 13.6 Å². The van der Waals surface area contributed by atoms with Gasteiger partial charge < -0.3 is 13.6 Å². The van der Waals surface area contributed by atoms with Crippen LogP contribution in [0, 0.1) is 5.92 Å². The Morgan fingerprint density at radius 1 is 0.704 bits per heavy atom. The molecule has 0 fully saturated rings. The second-order valence-corrected chi connectivity index (χ2v) is 8.03. The molecule has 4 nitrogen and oxygen atoms in total. The van der Waals surface area contributed by atoms with E-state index in [-0.39, 0.29) is 0 Å². The zero-order valence-electron chi connectivity index (χ0n) is 15.4. The second kappa shape index (κ2) is 8.79. The van der Waals surface area contributed by atoms with Gasteiger partial charge in [-0.3, -0.25) is 0 Å². The summed E-state index contributed by atoms with van der Waals surface area (Å²) in [5, 5.41) is 0. The zero-order valence-corrected chi connectivity index (χ0v) is 16.3. The lowest BCUT2D eigenvalue weighted by molar-refractivity contribution is 0.298. The van der Waals surface area contributed by atoms with Crippen molar-refractivity contribution >= 4 is 7.82 Å². The molecule has 0 aliphatic carbocycles. The molecule has 3 aromatic rings. The number of rotatable bonds is 8. The summed E-state index contributed by atoms with van der Waals surface area (Å²) in [5.74, 6) is 1.78. The minimum Gasteiger partial charge on any atom is -0.386 e. The number of benzene rings is 3. The van der Waals surface area contributed by atoms with E-state index in [0.717, 1.165) is 12.0 Å². The maximum Gasteiger partial charge on any atom is 0.647 e. The fraction of sp³-hybridized carbons (Fsp3) is 0.182. The first kappa shape index (κ1) is 19.1. The highest BCUT2D eigenvalue weighted by Crippen LogP contribution is 2.49. The number of hydrogen-bond acceptors (Lipinski definition) is 4. The van der Waals surface area contributed by atoms with Crippen molar-refractivity contribution in [3.63, 3.8) is 0 Å². The topological polar surface area (TPSA) is 44.8 Å². The Hall–Kier alpha value is -2.71. The van der Waals surface area contributed by atoms with Gasteiger partial charge in [0.05, 0.1) is 0 Å². The summed E-state index contributed by atoms with van der Waals surface area (Å²) in [6.07, 6.45) is 0.903. The van der Waals surface area contributed by atoms with Crippen molar-refractivity contribution in [1.82, 2.24) is 0 Å². The number of phosphoric acid groups is 1. The molecule has 3 rings (SSSR count). The Morgan fingerprint density at radius 2 is 1.19 bits per heavy atom. The smallest absolute Gasteiger partial charge is 0.386 e. The molecule has 0 aromatic heterocycles. The third kappa shape index (κ3) is 5.90. The minimum atomic E-state index is -3.94. The van der Waals surface area contributed by atoms with Crippen LogP contribution in [0.3, 0.4) is 0 Å². The molecule has 5 heteroatoms. The number of hydrogen-bond donors (Lipinski definition) is 0. The van der Waals surface area contributed by atoms with Gasteiger partial charge in [-0.2, -0.15) is 4.57 Å². The molecule has 0 bridgehead atoms. The third-order valence-corrected chi connectivity index (χ3v) is 4.98. The molecule has 0 saturated carbocycles. The maximum atomic E-state index is 13.4. The van der Waals surface area contributed by atoms with Gasteiger partial charge in [0.25, 0.3) is 0 Å². The lowest BCUT2D eigenvalue weighted by atomic mass is 10.0. The highest BCUT2D eigenvalue weighted by molar-refractivity contribution is 7.49. The summed E-state index contributed by atoms with van der Waals surface area (Å²) < 4.78 is 30.4. The van der Waals surface area contributed by atoms with E-state index in [0.29, 0.717) is 23.2 Å². The van der Waals surface area contributed by atoms with Crippen molar-refractivity contribution < 1.29 is 18.1 Å². The summed E-state index contributed by atoms with van der Waals surface area (Å²) >= 11 is 0. The Bertz CT molecular complexity index is 849. The Balaban J connectivity index is 1.86. The van der Waals surface area contributed by atoms with Crippen LogP contribution in [0.2, 0.25) is 0 Å². The molecular weight excluding hydrogens is 359 g/mol. The minimum absolute atomic E-state index is 0.412. The van der Waals surface area contributed by atoms with E-state index in [1.165, 1.54) is 0 Å². The molecule has 0 saturated heterocycles. The molecule has 3 aromatic carbocycles. The van der Waals surface area contributed by atoms with Crippen molar-refractivity contribution in [2.24, 2.45) is 5.92 Å². The van der Waals surface area contributed by atoms with Crippen LogP contribution in [-0.4, -0.2) is 0 Å². The van der Waals surface area contributed by atoms with E-state index in [1.807, 2.05) is 30.3 Å². The predicted octanol–water partition coefficient (Wildman–Crippen LogP) is 6.53. The highest BCUT2D eigenvalue weighted by atomic mass is 31.2. The van der Waals surface area contributed by atoms with Crippen LogP contribution in [0.1, 0.15) is 19.4 Å². The molecular formula is C22H23O4P. The largest absolute Gasteiger partial charge is 0.647 e. The van der Waals surface area contributed by atoms with E-state index >= 15 is 0 Å². The number of para-hydroxylation sites is 2. The SMILES string of the molecule is CC(C)Cc1cccc(OP(=O)(Oc2ccccc2)Oc2ccccc2)c1. The molecule has 0 atom stereocenters. The summed E-state index contributed by atoms with van der Waals surface area (Å²) in [6.45, 7) is 4.30. The molecule has 140 valence electrons. The second-order valence-electron chi connectivity index (χ2n) is 6.59. The lowest BCUT2D eigenvalue weighted by Crippen LogP contribution is -2.07. The van der Waals surface area contributed by atoms with Crippen molar-refractivity contribution in [3.8, 4) is 17.2 Å². The van der Waals surface area contributed by atoms with Gasteiger partial charge in [0, 0.05) is 0 Å². The van der Waals surface area contributed by atoms with Crippen molar-refractivity contribution in [2.75, 3.05) is 0 Å². The van der Waals surface area contributed by atoms with Gasteiger partial charge in [-0.25, -0.2) is 0 Å². The van der Waals surface area contributed by atoms with Gasteiger partial charge in [-0.1, -0.05) is 62.4 Å². The molecule has 0 heterocycles. The van der Waals surface area contributed by atoms with E-state index < -0.39 is 7.82 Å². The molecule has 0 aliphatic heterocycles. The molecule has 0 N–H and O–H groups in total. The van der Waals surface area contributed by atoms with Crippen molar-refractivity contribution in [3.05, 3.63) is 90.5 Å². The first-order valence-electron chi connectivity index (χ1n) is 8.90. The van der Waals surface area contributed by atoms with Gasteiger partial charge in [0.1, 0.15) is 17.2 Å². The van der Waals surface area contributed by atoms with Crippen molar-refractivity contribution in [2.45, 2.75) is 20.3 Å². The summed E-state index contributed by atoms with van der Waals surface area (Å²) in [6, 6.07) is 25.2. The molecule has 0 aliphatic rings. The molecule has 0 amide bonds. The van der Waals surface area contributed by atoms with Gasteiger partial charge >= 0.3 is 7.82 Å². The number of phosphoric ester groups is 1. The summed E-state index contributed by atoms with van der Waals surface area (Å²) in [7, 11) is -3.94. The van der Waals surface area contributed by atoms with E-state index in [2.05, 4.69) is 13.8 Å². The molecule has 0 spiro atoms. The van der Waals surface area contributed by atoms with E-state index in [1.54, 1.807) is 54.6 Å².